The fourth-order valence-corrected chi connectivity index (χ4v) is 2.43. The maximum absolute atomic E-state index is 11.4. The van der Waals surface area contributed by atoms with Gasteiger partial charge in [0, 0.05) is 38.1 Å². The number of aryl methyl sites for hydroxylation is 1. The van der Waals surface area contributed by atoms with Gasteiger partial charge in [0.25, 0.3) is 0 Å². The van der Waals surface area contributed by atoms with Crippen molar-refractivity contribution in [2.75, 3.05) is 33.2 Å². The van der Waals surface area contributed by atoms with Crippen LogP contribution in [0.5, 0.6) is 0 Å². The van der Waals surface area contributed by atoms with Gasteiger partial charge in [0.15, 0.2) is 0 Å². The van der Waals surface area contributed by atoms with Gasteiger partial charge in [0.2, 0.25) is 0 Å². The summed E-state index contributed by atoms with van der Waals surface area (Å²) in [5.74, 6) is -0.722. The van der Waals surface area contributed by atoms with E-state index in [1.54, 1.807) is 6.20 Å². The Balaban J connectivity index is 1.91. The van der Waals surface area contributed by atoms with Gasteiger partial charge >= 0.3 is 5.97 Å². The van der Waals surface area contributed by atoms with Crippen LogP contribution >= 0.6 is 0 Å². The number of piperazine rings is 1. The highest BCUT2D eigenvalue weighted by Crippen LogP contribution is 2.12. The minimum Gasteiger partial charge on any atom is -0.480 e. The molecular formula is C14H21N3O2. The van der Waals surface area contributed by atoms with Gasteiger partial charge in [-0.05, 0) is 32.0 Å². The van der Waals surface area contributed by atoms with Crippen LogP contribution in [0.2, 0.25) is 0 Å². The van der Waals surface area contributed by atoms with Crippen molar-refractivity contribution in [2.24, 2.45) is 0 Å². The molecule has 5 nitrogen and oxygen atoms in total. The summed E-state index contributed by atoms with van der Waals surface area (Å²) in [7, 11) is 2.07. The number of carbonyl (C=O) groups is 1. The first-order valence-corrected chi connectivity index (χ1v) is 6.72. The quantitative estimate of drug-likeness (QED) is 0.848. The molecule has 1 aliphatic heterocycles. The standard InChI is InChI=1S/C14H21N3O2/c1-16-8-10-17(11-9-16)13(14(18)19)6-5-12-4-2-3-7-15-12/h2-4,7,13H,5-6,8-11H2,1H3,(H,18,19). The lowest BCUT2D eigenvalue weighted by atomic mass is 10.1. The second-order valence-electron chi connectivity index (χ2n) is 5.05. The molecule has 104 valence electrons. The molecule has 0 spiro atoms. The molecule has 0 bridgehead atoms. The minimum absolute atomic E-state index is 0.393. The number of aromatic nitrogens is 1. The number of pyridine rings is 1. The predicted molar refractivity (Wildman–Crippen MR) is 73.1 cm³/mol. The zero-order valence-electron chi connectivity index (χ0n) is 11.3. The molecular weight excluding hydrogens is 242 g/mol. The molecule has 1 aliphatic rings. The Labute approximate surface area is 113 Å². The summed E-state index contributed by atoms with van der Waals surface area (Å²) >= 11 is 0. The third kappa shape index (κ3) is 4.01. The highest BCUT2D eigenvalue weighted by molar-refractivity contribution is 5.73. The van der Waals surface area contributed by atoms with Gasteiger partial charge in [-0.1, -0.05) is 6.07 Å². The van der Waals surface area contributed by atoms with Crippen LogP contribution < -0.4 is 0 Å². The Morgan fingerprint density at radius 3 is 2.68 bits per heavy atom. The van der Waals surface area contributed by atoms with Crippen molar-refractivity contribution in [3.05, 3.63) is 30.1 Å². The van der Waals surface area contributed by atoms with E-state index in [4.69, 9.17) is 0 Å². The molecule has 1 atom stereocenters. The highest BCUT2D eigenvalue weighted by atomic mass is 16.4. The summed E-state index contributed by atoms with van der Waals surface area (Å²) in [5.41, 5.74) is 0.961. The molecule has 2 heterocycles. The van der Waals surface area contributed by atoms with Crippen LogP contribution in [0.3, 0.4) is 0 Å². The summed E-state index contributed by atoms with van der Waals surface area (Å²) in [6.45, 7) is 3.53. The maximum Gasteiger partial charge on any atom is 0.320 e. The second kappa shape index (κ2) is 6.63. The lowest BCUT2D eigenvalue weighted by Crippen LogP contribution is -2.51. The number of carboxylic acid groups (broad SMARTS) is 1. The predicted octanol–water partition coefficient (Wildman–Crippen LogP) is 0.715. The zero-order valence-corrected chi connectivity index (χ0v) is 11.3. The normalized spacial score (nSPS) is 19.2. The third-order valence-corrected chi connectivity index (χ3v) is 3.66. The number of rotatable bonds is 5. The number of hydrogen-bond donors (Lipinski definition) is 1. The van der Waals surface area contributed by atoms with E-state index in [-0.39, 0.29) is 0 Å². The SMILES string of the molecule is CN1CCN(C(CCc2ccccn2)C(=O)O)CC1. The van der Waals surface area contributed by atoms with Gasteiger partial charge in [-0.3, -0.25) is 14.7 Å². The topological polar surface area (TPSA) is 56.7 Å². The van der Waals surface area contributed by atoms with Crippen molar-refractivity contribution < 1.29 is 9.90 Å². The molecule has 1 fully saturated rings. The van der Waals surface area contributed by atoms with Gasteiger partial charge < -0.3 is 10.0 Å². The Kier molecular flexibility index (Phi) is 4.87. The molecule has 0 saturated carbocycles. The van der Waals surface area contributed by atoms with Crippen LogP contribution in [0.25, 0.3) is 0 Å². The van der Waals surface area contributed by atoms with Crippen LogP contribution in [-0.2, 0) is 11.2 Å². The van der Waals surface area contributed by atoms with Crippen molar-refractivity contribution in [1.82, 2.24) is 14.8 Å². The molecule has 1 aromatic rings. The first kappa shape index (κ1) is 14.0. The molecule has 1 unspecified atom stereocenters. The van der Waals surface area contributed by atoms with E-state index in [2.05, 4.69) is 21.8 Å². The largest absolute Gasteiger partial charge is 0.480 e. The Morgan fingerprint density at radius 2 is 2.11 bits per heavy atom. The van der Waals surface area contributed by atoms with Gasteiger partial charge in [-0.25, -0.2) is 0 Å². The van der Waals surface area contributed by atoms with Crippen LogP contribution in [0.1, 0.15) is 12.1 Å². The first-order chi connectivity index (χ1) is 9.16. The summed E-state index contributed by atoms with van der Waals surface area (Å²) in [6.07, 6.45) is 3.08. The lowest BCUT2D eigenvalue weighted by Gasteiger charge is -2.36. The smallest absolute Gasteiger partial charge is 0.320 e. The van der Waals surface area contributed by atoms with Gasteiger partial charge in [-0.2, -0.15) is 0 Å². The monoisotopic (exact) mass is 263 g/mol. The summed E-state index contributed by atoms with van der Waals surface area (Å²) < 4.78 is 0. The summed E-state index contributed by atoms with van der Waals surface area (Å²) in [5, 5.41) is 9.39. The molecule has 0 aliphatic carbocycles. The molecule has 0 aromatic carbocycles. The molecule has 1 aromatic heterocycles. The zero-order chi connectivity index (χ0) is 13.7. The fourth-order valence-electron chi connectivity index (χ4n) is 2.43. The molecule has 1 N–H and O–H groups in total. The molecule has 0 radical (unpaired) electrons. The van der Waals surface area contributed by atoms with E-state index in [1.165, 1.54) is 0 Å². The summed E-state index contributed by atoms with van der Waals surface area (Å²) in [4.78, 5) is 20.0. The van der Waals surface area contributed by atoms with Crippen molar-refractivity contribution in [3.63, 3.8) is 0 Å². The molecule has 5 heteroatoms. The third-order valence-electron chi connectivity index (χ3n) is 3.66. The minimum atomic E-state index is -0.722. The number of hydrogen-bond acceptors (Lipinski definition) is 4. The number of carboxylic acids is 1. The Bertz CT molecular complexity index is 402. The van der Waals surface area contributed by atoms with Crippen LogP contribution in [0.15, 0.2) is 24.4 Å². The molecule has 2 rings (SSSR count). The average molecular weight is 263 g/mol. The summed E-state index contributed by atoms with van der Waals surface area (Å²) in [6, 6.07) is 5.37. The molecule has 1 saturated heterocycles. The Hall–Kier alpha value is -1.46. The molecule has 0 amide bonds. The fraction of sp³-hybridized carbons (Fsp3) is 0.571. The van der Waals surface area contributed by atoms with E-state index in [1.807, 2.05) is 18.2 Å². The van der Waals surface area contributed by atoms with E-state index in [9.17, 15) is 9.90 Å². The van der Waals surface area contributed by atoms with Crippen molar-refractivity contribution in [2.45, 2.75) is 18.9 Å². The van der Waals surface area contributed by atoms with Gasteiger partial charge in [0.05, 0.1) is 0 Å². The van der Waals surface area contributed by atoms with Crippen LogP contribution in [0.4, 0.5) is 0 Å². The first-order valence-electron chi connectivity index (χ1n) is 6.72. The van der Waals surface area contributed by atoms with Crippen molar-refractivity contribution in [1.29, 1.82) is 0 Å². The average Bonchev–Trinajstić information content (AvgIpc) is 2.42. The van der Waals surface area contributed by atoms with E-state index in [0.717, 1.165) is 31.9 Å². The van der Waals surface area contributed by atoms with E-state index in [0.29, 0.717) is 12.8 Å². The van der Waals surface area contributed by atoms with Gasteiger partial charge in [0.1, 0.15) is 6.04 Å². The van der Waals surface area contributed by atoms with Gasteiger partial charge in [-0.15, -0.1) is 0 Å². The highest BCUT2D eigenvalue weighted by Gasteiger charge is 2.27. The number of aliphatic carboxylic acids is 1. The van der Waals surface area contributed by atoms with Crippen LogP contribution in [-0.4, -0.2) is 65.1 Å². The lowest BCUT2D eigenvalue weighted by molar-refractivity contribution is -0.144. The number of likely N-dealkylation sites (N-methyl/N-ethyl adjacent to an activating group) is 1. The maximum atomic E-state index is 11.4. The Morgan fingerprint density at radius 1 is 1.37 bits per heavy atom. The van der Waals surface area contributed by atoms with Crippen molar-refractivity contribution in [3.8, 4) is 0 Å². The van der Waals surface area contributed by atoms with E-state index >= 15 is 0 Å². The van der Waals surface area contributed by atoms with E-state index < -0.39 is 12.0 Å². The van der Waals surface area contributed by atoms with Crippen molar-refractivity contribution >= 4 is 5.97 Å². The second-order valence-corrected chi connectivity index (χ2v) is 5.05. The van der Waals surface area contributed by atoms with Crippen LogP contribution in [0, 0.1) is 0 Å². The number of nitrogens with zero attached hydrogens (tertiary/aromatic N) is 3. The molecule has 19 heavy (non-hydrogen) atoms.